The molecule has 2 heteroatoms. The molecule has 0 aliphatic carbocycles. The third-order valence-corrected chi connectivity index (χ3v) is 0.655. The molecule has 0 unspecified atom stereocenters. The molecule has 0 bridgehead atoms. The molecule has 0 saturated heterocycles. The third-order valence-electron chi connectivity index (χ3n) is 0.295. The van der Waals surface area contributed by atoms with Crippen molar-refractivity contribution in [1.29, 1.82) is 0 Å². The maximum atomic E-state index is 3.47. The van der Waals surface area contributed by atoms with Crippen LogP contribution in [0.4, 0.5) is 0 Å². The first-order valence-electron chi connectivity index (χ1n) is 1.55. The number of allylic oxidation sites excluding steroid dienone is 2. The van der Waals surface area contributed by atoms with Crippen LogP contribution in [0.5, 0.6) is 0 Å². The fourth-order valence-corrected chi connectivity index (χ4v) is 0.312. The van der Waals surface area contributed by atoms with Crippen LogP contribution in [0.25, 0.3) is 0 Å². The lowest BCUT2D eigenvalue weighted by Gasteiger charge is -1.73. The summed E-state index contributed by atoms with van der Waals surface area (Å²) in [6.45, 7) is 3.47. The summed E-state index contributed by atoms with van der Waals surface area (Å²) >= 11 is 2.03. The van der Waals surface area contributed by atoms with E-state index in [1.54, 1.807) is 12.3 Å². The van der Waals surface area contributed by atoms with Gasteiger partial charge in [0.15, 0.2) is 0 Å². The van der Waals surface area contributed by atoms with Gasteiger partial charge in [-0.1, -0.05) is 12.7 Å². The van der Waals surface area contributed by atoms with Gasteiger partial charge in [0, 0.05) is 6.20 Å². The Labute approximate surface area is 51.6 Å². The van der Waals surface area contributed by atoms with Crippen molar-refractivity contribution in [3.63, 3.8) is 0 Å². The molecule has 0 aliphatic rings. The Morgan fingerprint density at radius 1 is 1.67 bits per heavy atom. The molecule has 0 spiro atoms. The van der Waals surface area contributed by atoms with E-state index in [1.807, 2.05) is 28.9 Å². The standard InChI is InChI=1S/C4H6IN/c1-2-3-4-6-5/h2-4,6H,1H2/b4-3+. The Morgan fingerprint density at radius 2 is 2.33 bits per heavy atom. The molecule has 0 aromatic carbocycles. The van der Waals surface area contributed by atoms with Crippen molar-refractivity contribution >= 4 is 22.9 Å². The second kappa shape index (κ2) is 5.01. The Kier molecular flexibility index (Phi) is 5.02. The summed E-state index contributed by atoms with van der Waals surface area (Å²) in [5.41, 5.74) is 0. The zero-order chi connectivity index (χ0) is 4.83. The minimum Gasteiger partial charge on any atom is -0.335 e. The molecule has 34 valence electrons. The van der Waals surface area contributed by atoms with Crippen LogP contribution in [0.1, 0.15) is 0 Å². The van der Waals surface area contributed by atoms with Gasteiger partial charge in [0.2, 0.25) is 0 Å². The van der Waals surface area contributed by atoms with Gasteiger partial charge >= 0.3 is 0 Å². The lowest BCUT2D eigenvalue weighted by molar-refractivity contribution is 1.50. The molecule has 0 heterocycles. The Hall–Kier alpha value is 0.0100. The highest BCUT2D eigenvalue weighted by Gasteiger charge is 1.52. The molecule has 1 nitrogen and oxygen atoms in total. The lowest BCUT2D eigenvalue weighted by atomic mass is 10.6. The first kappa shape index (κ1) is 6.01. The average Bonchev–Trinajstić information content (AvgIpc) is 1.61. The molecule has 0 aromatic heterocycles. The van der Waals surface area contributed by atoms with Gasteiger partial charge in [-0.05, 0) is 6.08 Å². The fraction of sp³-hybridized carbons (Fsp3) is 0. The van der Waals surface area contributed by atoms with Gasteiger partial charge in [-0.2, -0.15) is 0 Å². The van der Waals surface area contributed by atoms with Gasteiger partial charge < -0.3 is 3.53 Å². The highest BCUT2D eigenvalue weighted by Crippen LogP contribution is 1.70. The Bertz CT molecular complexity index is 58.6. The van der Waals surface area contributed by atoms with Crippen molar-refractivity contribution in [2.75, 3.05) is 0 Å². The van der Waals surface area contributed by atoms with Gasteiger partial charge in [0.1, 0.15) is 0 Å². The molecule has 0 fully saturated rings. The van der Waals surface area contributed by atoms with Crippen molar-refractivity contribution in [3.8, 4) is 0 Å². The van der Waals surface area contributed by atoms with Crippen molar-refractivity contribution in [2.24, 2.45) is 0 Å². The number of hydrogen-bond donors (Lipinski definition) is 1. The minimum atomic E-state index is 1.71. The van der Waals surface area contributed by atoms with Crippen LogP contribution in [-0.2, 0) is 0 Å². The lowest BCUT2D eigenvalue weighted by Crippen LogP contribution is -1.75. The fourth-order valence-electron chi connectivity index (χ4n) is 0.104. The molecule has 0 atom stereocenters. The first-order chi connectivity index (χ1) is 2.91. The maximum absolute atomic E-state index is 3.47. The summed E-state index contributed by atoms with van der Waals surface area (Å²) in [7, 11) is 0. The number of halogens is 1. The van der Waals surface area contributed by atoms with Crippen LogP contribution in [-0.4, -0.2) is 0 Å². The zero-order valence-corrected chi connectivity index (χ0v) is 5.47. The topological polar surface area (TPSA) is 12.0 Å². The molecule has 0 aliphatic heterocycles. The second-order valence-electron chi connectivity index (χ2n) is 0.704. The number of nitrogens with one attached hydrogen (secondary N) is 1. The largest absolute Gasteiger partial charge is 0.335 e. The molecule has 1 N–H and O–H groups in total. The predicted octanol–water partition coefficient (Wildman–Crippen LogP) is 1.63. The number of hydrogen-bond acceptors (Lipinski definition) is 1. The monoisotopic (exact) mass is 195 g/mol. The summed E-state index contributed by atoms with van der Waals surface area (Å²) < 4.78 is 2.79. The van der Waals surface area contributed by atoms with E-state index in [0.29, 0.717) is 0 Å². The van der Waals surface area contributed by atoms with Crippen molar-refractivity contribution < 1.29 is 0 Å². The van der Waals surface area contributed by atoms with Crippen LogP contribution in [0, 0.1) is 0 Å². The van der Waals surface area contributed by atoms with Crippen molar-refractivity contribution in [2.45, 2.75) is 0 Å². The summed E-state index contributed by atoms with van der Waals surface area (Å²) in [6, 6.07) is 0. The van der Waals surface area contributed by atoms with Crippen LogP contribution in [0.15, 0.2) is 24.9 Å². The third kappa shape index (κ3) is 4.01. The summed E-state index contributed by atoms with van der Waals surface area (Å²) in [5.74, 6) is 0. The Balaban J connectivity index is 2.94. The highest BCUT2D eigenvalue weighted by molar-refractivity contribution is 14.1. The average molecular weight is 195 g/mol. The Morgan fingerprint density at radius 3 is 2.50 bits per heavy atom. The van der Waals surface area contributed by atoms with Crippen LogP contribution >= 0.6 is 22.9 Å². The molecule has 0 rings (SSSR count). The molecular weight excluding hydrogens is 189 g/mol. The van der Waals surface area contributed by atoms with E-state index in [4.69, 9.17) is 0 Å². The molecule has 6 heavy (non-hydrogen) atoms. The normalized spacial score (nSPS) is 8.83. The van der Waals surface area contributed by atoms with E-state index in [1.165, 1.54) is 0 Å². The van der Waals surface area contributed by atoms with Crippen molar-refractivity contribution in [3.05, 3.63) is 24.9 Å². The van der Waals surface area contributed by atoms with Gasteiger partial charge in [0.25, 0.3) is 0 Å². The van der Waals surface area contributed by atoms with E-state index in [0.717, 1.165) is 0 Å². The van der Waals surface area contributed by atoms with E-state index in [2.05, 4.69) is 10.1 Å². The van der Waals surface area contributed by atoms with E-state index in [-0.39, 0.29) is 0 Å². The van der Waals surface area contributed by atoms with Crippen LogP contribution in [0.2, 0.25) is 0 Å². The van der Waals surface area contributed by atoms with E-state index < -0.39 is 0 Å². The smallest absolute Gasteiger partial charge is 0.0555 e. The van der Waals surface area contributed by atoms with Gasteiger partial charge in [0.05, 0.1) is 22.9 Å². The minimum absolute atomic E-state index is 1.71. The second-order valence-corrected chi connectivity index (χ2v) is 1.33. The van der Waals surface area contributed by atoms with Gasteiger partial charge in [-0.25, -0.2) is 0 Å². The molecule has 0 saturated carbocycles. The molecular formula is C4H6IN. The highest BCUT2D eigenvalue weighted by atomic mass is 127. The summed E-state index contributed by atoms with van der Waals surface area (Å²) in [5, 5.41) is 0. The molecule has 0 amide bonds. The predicted molar refractivity (Wildman–Crippen MR) is 36.5 cm³/mol. The first-order valence-corrected chi connectivity index (χ1v) is 2.63. The number of rotatable bonds is 2. The SMILES string of the molecule is C=C/C=C/NI. The molecule has 0 radical (unpaired) electrons. The van der Waals surface area contributed by atoms with E-state index >= 15 is 0 Å². The van der Waals surface area contributed by atoms with Gasteiger partial charge in [-0.3, -0.25) is 0 Å². The molecule has 0 aromatic rings. The maximum Gasteiger partial charge on any atom is 0.0555 e. The van der Waals surface area contributed by atoms with Crippen LogP contribution in [0.3, 0.4) is 0 Å². The van der Waals surface area contributed by atoms with Crippen LogP contribution < -0.4 is 3.53 Å². The van der Waals surface area contributed by atoms with E-state index in [9.17, 15) is 0 Å². The quantitative estimate of drug-likeness (QED) is 0.401. The van der Waals surface area contributed by atoms with Gasteiger partial charge in [-0.15, -0.1) is 0 Å². The summed E-state index contributed by atoms with van der Waals surface area (Å²) in [4.78, 5) is 0. The summed E-state index contributed by atoms with van der Waals surface area (Å²) in [6.07, 6.45) is 5.34. The zero-order valence-electron chi connectivity index (χ0n) is 3.32. The van der Waals surface area contributed by atoms with Crippen molar-refractivity contribution in [1.82, 2.24) is 3.53 Å².